The first kappa shape index (κ1) is 16.9. The largest absolute Gasteiger partial charge is 0.465 e. The highest BCUT2D eigenvalue weighted by atomic mass is 32.2. The van der Waals surface area contributed by atoms with E-state index >= 15 is 0 Å². The zero-order valence-corrected chi connectivity index (χ0v) is 14.5. The van der Waals surface area contributed by atoms with Gasteiger partial charge in [-0.25, -0.2) is 9.79 Å². The summed E-state index contributed by atoms with van der Waals surface area (Å²) >= 11 is 1.29. The van der Waals surface area contributed by atoms with Gasteiger partial charge in [0.25, 0.3) is 5.91 Å². The van der Waals surface area contributed by atoms with E-state index in [1.165, 1.54) is 23.8 Å². The summed E-state index contributed by atoms with van der Waals surface area (Å²) in [5, 5.41) is 0.548. The summed E-state index contributed by atoms with van der Waals surface area (Å²) in [4.78, 5) is 34.5. The Morgan fingerprint density at radius 2 is 2.04 bits per heavy atom. The molecule has 1 aromatic heterocycles. The molecule has 0 bridgehead atoms. The molecule has 0 radical (unpaired) electrons. The molecule has 1 saturated heterocycles. The Hall–Kier alpha value is -2.93. The van der Waals surface area contributed by atoms with Gasteiger partial charge in [0, 0.05) is 19.4 Å². The number of hydrogen-bond acceptors (Lipinski definition) is 6. The number of thioether (sulfide) groups is 1. The van der Waals surface area contributed by atoms with Crippen LogP contribution in [-0.4, -0.2) is 41.1 Å². The van der Waals surface area contributed by atoms with Crippen LogP contribution >= 0.6 is 11.8 Å². The first-order valence-corrected chi connectivity index (χ1v) is 8.25. The first-order valence-electron chi connectivity index (χ1n) is 7.43. The number of likely N-dealkylation sites (N-methyl/N-ethyl adjacent to an activating group) is 1. The first-order chi connectivity index (χ1) is 12.1. The molecule has 0 spiro atoms. The quantitative estimate of drug-likeness (QED) is 0.626. The number of rotatable bonds is 3. The molecule has 0 unspecified atom stereocenters. The number of methoxy groups -OCH3 is 1. The van der Waals surface area contributed by atoms with Crippen LogP contribution in [0.15, 0.2) is 58.7 Å². The fourth-order valence-corrected chi connectivity index (χ4v) is 3.18. The summed E-state index contributed by atoms with van der Waals surface area (Å²) in [6.45, 7) is 0. The third kappa shape index (κ3) is 3.77. The topological polar surface area (TPSA) is 71.9 Å². The molecule has 126 valence electrons. The van der Waals surface area contributed by atoms with Gasteiger partial charge in [-0.05, 0) is 53.7 Å². The average Bonchev–Trinajstić information content (AvgIpc) is 2.90. The van der Waals surface area contributed by atoms with E-state index in [1.807, 2.05) is 12.1 Å². The van der Waals surface area contributed by atoms with Gasteiger partial charge in [0.15, 0.2) is 5.17 Å². The standard InChI is InChI=1S/C18H15N3O3S/c1-21-16(22)15(10-12-6-8-19-9-7-12)25-18(21)20-14-5-3-4-13(11-14)17(23)24-2/h3-11H,1-2H3. The number of pyridine rings is 1. The number of carbonyl (C=O) groups is 2. The molecule has 3 rings (SSSR count). The molecule has 0 N–H and O–H groups in total. The summed E-state index contributed by atoms with van der Waals surface area (Å²) in [6.07, 6.45) is 5.15. The van der Waals surface area contributed by atoms with E-state index in [0.717, 1.165) is 5.56 Å². The van der Waals surface area contributed by atoms with E-state index in [0.29, 0.717) is 21.3 Å². The average molecular weight is 353 g/mol. The van der Waals surface area contributed by atoms with Gasteiger partial charge >= 0.3 is 5.97 Å². The van der Waals surface area contributed by atoms with Gasteiger partial charge in [0.2, 0.25) is 0 Å². The Labute approximate surface area is 149 Å². The minimum Gasteiger partial charge on any atom is -0.465 e. The van der Waals surface area contributed by atoms with Crippen molar-refractivity contribution in [1.82, 2.24) is 9.88 Å². The molecular formula is C18H15N3O3S. The normalized spacial score (nSPS) is 17.4. The van der Waals surface area contributed by atoms with E-state index in [4.69, 9.17) is 4.74 Å². The van der Waals surface area contributed by atoms with E-state index in [-0.39, 0.29) is 5.91 Å². The predicted octanol–water partition coefficient (Wildman–Crippen LogP) is 3.10. The molecule has 7 heteroatoms. The van der Waals surface area contributed by atoms with Crippen LogP contribution in [0.25, 0.3) is 6.08 Å². The van der Waals surface area contributed by atoms with Crippen LogP contribution in [0.4, 0.5) is 5.69 Å². The van der Waals surface area contributed by atoms with Crippen LogP contribution in [-0.2, 0) is 9.53 Å². The van der Waals surface area contributed by atoms with Crippen molar-refractivity contribution in [3.8, 4) is 0 Å². The second-order valence-corrected chi connectivity index (χ2v) is 6.20. The summed E-state index contributed by atoms with van der Waals surface area (Å²) in [5.74, 6) is -0.548. The van der Waals surface area contributed by atoms with Crippen molar-refractivity contribution in [1.29, 1.82) is 0 Å². The van der Waals surface area contributed by atoms with Gasteiger partial charge in [0.1, 0.15) is 0 Å². The monoisotopic (exact) mass is 353 g/mol. The molecule has 1 aromatic carbocycles. The van der Waals surface area contributed by atoms with E-state index in [2.05, 4.69) is 9.98 Å². The molecule has 1 aliphatic heterocycles. The summed E-state index contributed by atoms with van der Waals surface area (Å²) in [5.41, 5.74) is 1.89. The van der Waals surface area contributed by atoms with Crippen molar-refractivity contribution < 1.29 is 14.3 Å². The number of amidine groups is 1. The number of hydrogen-bond donors (Lipinski definition) is 0. The number of benzene rings is 1. The molecule has 1 fully saturated rings. The minimum atomic E-state index is -0.427. The molecule has 25 heavy (non-hydrogen) atoms. The Bertz CT molecular complexity index is 878. The van der Waals surface area contributed by atoms with Gasteiger partial charge in [-0.15, -0.1) is 0 Å². The van der Waals surface area contributed by atoms with Crippen LogP contribution in [0.2, 0.25) is 0 Å². The summed E-state index contributed by atoms with van der Waals surface area (Å²) < 4.78 is 4.71. The molecular weight excluding hydrogens is 338 g/mol. The molecule has 1 aliphatic rings. The number of ether oxygens (including phenoxy) is 1. The lowest BCUT2D eigenvalue weighted by atomic mass is 10.2. The van der Waals surface area contributed by atoms with E-state index in [1.54, 1.807) is 49.8 Å². The lowest BCUT2D eigenvalue weighted by Gasteiger charge is -2.07. The maximum atomic E-state index is 12.4. The van der Waals surface area contributed by atoms with Gasteiger partial charge in [-0.1, -0.05) is 6.07 Å². The van der Waals surface area contributed by atoms with Crippen molar-refractivity contribution in [2.45, 2.75) is 0 Å². The Balaban J connectivity index is 1.88. The fourth-order valence-electron chi connectivity index (χ4n) is 2.19. The number of esters is 1. The van der Waals surface area contributed by atoms with E-state index in [9.17, 15) is 9.59 Å². The van der Waals surface area contributed by atoms with E-state index < -0.39 is 5.97 Å². The highest BCUT2D eigenvalue weighted by Crippen LogP contribution is 2.33. The Morgan fingerprint density at radius 1 is 1.28 bits per heavy atom. The van der Waals surface area contributed by atoms with Crippen molar-refractivity contribution in [2.24, 2.45) is 4.99 Å². The third-order valence-corrected chi connectivity index (χ3v) is 4.56. The second-order valence-electron chi connectivity index (χ2n) is 5.19. The maximum Gasteiger partial charge on any atom is 0.337 e. The molecule has 0 atom stereocenters. The lowest BCUT2D eigenvalue weighted by Crippen LogP contribution is -2.23. The molecule has 1 amide bonds. The highest BCUT2D eigenvalue weighted by molar-refractivity contribution is 8.18. The number of aromatic nitrogens is 1. The van der Waals surface area contributed by atoms with Crippen LogP contribution in [0.1, 0.15) is 15.9 Å². The Kier molecular flexibility index (Phi) is 4.95. The van der Waals surface area contributed by atoms with Crippen LogP contribution in [0.3, 0.4) is 0 Å². The van der Waals surface area contributed by atoms with Gasteiger partial charge in [0.05, 0.1) is 23.3 Å². The SMILES string of the molecule is COC(=O)c1cccc(N=C2SC(=Cc3ccncc3)C(=O)N2C)c1. The number of carbonyl (C=O) groups excluding carboxylic acids is 2. The highest BCUT2D eigenvalue weighted by Gasteiger charge is 2.30. The van der Waals surface area contributed by atoms with Crippen LogP contribution < -0.4 is 0 Å². The molecule has 2 aromatic rings. The number of amides is 1. The molecule has 0 aliphatic carbocycles. The van der Waals surface area contributed by atoms with Gasteiger partial charge in [-0.2, -0.15) is 0 Å². The maximum absolute atomic E-state index is 12.4. The smallest absolute Gasteiger partial charge is 0.337 e. The van der Waals surface area contributed by atoms with Gasteiger partial charge in [-0.3, -0.25) is 14.7 Å². The molecule has 0 saturated carbocycles. The zero-order chi connectivity index (χ0) is 17.8. The zero-order valence-electron chi connectivity index (χ0n) is 13.7. The number of nitrogens with zero attached hydrogens (tertiary/aromatic N) is 3. The summed E-state index contributed by atoms with van der Waals surface area (Å²) in [7, 11) is 3.00. The fraction of sp³-hybridized carbons (Fsp3) is 0.111. The third-order valence-electron chi connectivity index (χ3n) is 3.50. The molecule has 2 heterocycles. The van der Waals surface area contributed by atoms with Crippen molar-refractivity contribution in [3.63, 3.8) is 0 Å². The lowest BCUT2D eigenvalue weighted by molar-refractivity contribution is -0.121. The number of aliphatic imine (C=N–C) groups is 1. The predicted molar refractivity (Wildman–Crippen MR) is 97.5 cm³/mol. The summed E-state index contributed by atoms with van der Waals surface area (Å²) in [6, 6.07) is 10.4. The van der Waals surface area contributed by atoms with Gasteiger partial charge < -0.3 is 4.74 Å². The van der Waals surface area contributed by atoms with Crippen molar-refractivity contribution in [2.75, 3.05) is 14.2 Å². The van der Waals surface area contributed by atoms with Crippen LogP contribution in [0, 0.1) is 0 Å². The Morgan fingerprint density at radius 3 is 2.76 bits per heavy atom. The van der Waals surface area contributed by atoms with Crippen LogP contribution in [0.5, 0.6) is 0 Å². The second kappa shape index (κ2) is 7.31. The van der Waals surface area contributed by atoms with Crippen molar-refractivity contribution in [3.05, 3.63) is 64.8 Å². The van der Waals surface area contributed by atoms with Crippen molar-refractivity contribution >= 4 is 40.6 Å². The molecule has 6 nitrogen and oxygen atoms in total. The minimum absolute atomic E-state index is 0.121.